The van der Waals surface area contributed by atoms with Crippen LogP contribution in [0.5, 0.6) is 0 Å². The summed E-state index contributed by atoms with van der Waals surface area (Å²) in [5.41, 5.74) is -0.146. The smallest absolute Gasteiger partial charge is 0.248 e. The highest BCUT2D eigenvalue weighted by Crippen LogP contribution is 2.29. The Bertz CT molecular complexity index is 520. The molecule has 1 heterocycles. The van der Waals surface area contributed by atoms with Gasteiger partial charge in [-0.25, -0.2) is 0 Å². The van der Waals surface area contributed by atoms with Crippen molar-refractivity contribution in [1.29, 1.82) is 0 Å². The van der Waals surface area contributed by atoms with Gasteiger partial charge in [-0.15, -0.1) is 0 Å². The zero-order valence-corrected chi connectivity index (χ0v) is 8.82. The van der Waals surface area contributed by atoms with Crippen LogP contribution in [-0.2, 0) is 0 Å². The normalized spacial score (nSPS) is 10.6. The second-order valence-corrected chi connectivity index (χ2v) is 3.89. The lowest BCUT2D eigenvalue weighted by molar-refractivity contribution is 1.27. The number of aromatic amines is 1. The summed E-state index contributed by atoms with van der Waals surface area (Å²) in [4.78, 5) is 13.6. The molecule has 0 radical (unpaired) electrons. The van der Waals surface area contributed by atoms with Crippen LogP contribution in [0.1, 0.15) is 0 Å². The summed E-state index contributed by atoms with van der Waals surface area (Å²) < 4.78 is 0.798. The average Bonchev–Trinajstić information content (AvgIpc) is 2.12. The first-order valence-corrected chi connectivity index (χ1v) is 4.82. The molecule has 0 unspecified atom stereocenters. The summed E-state index contributed by atoms with van der Waals surface area (Å²) in [6.45, 7) is 0. The molecular weight excluding hydrogens is 253 g/mol. The van der Waals surface area contributed by atoms with Crippen molar-refractivity contribution in [3.05, 3.63) is 44.2 Å². The van der Waals surface area contributed by atoms with E-state index in [1.54, 1.807) is 6.20 Å². The van der Waals surface area contributed by atoms with Gasteiger partial charge in [-0.05, 0) is 27.4 Å². The Kier molecular flexibility index (Phi) is 2.14. The monoisotopic (exact) mass is 257 g/mol. The second-order valence-electron chi connectivity index (χ2n) is 2.66. The third-order valence-corrected chi connectivity index (χ3v) is 3.11. The van der Waals surface area contributed by atoms with E-state index in [1.807, 2.05) is 12.1 Å². The SMILES string of the molecule is O=c1cc2c(Cl)c(Br)ccc2c[nH]1. The molecule has 13 heavy (non-hydrogen) atoms. The molecular formula is C9H5BrClNO. The molecule has 2 aromatic rings. The molecule has 0 aliphatic heterocycles. The molecule has 0 aliphatic carbocycles. The molecule has 0 atom stereocenters. The van der Waals surface area contributed by atoms with E-state index < -0.39 is 0 Å². The molecule has 0 saturated heterocycles. The van der Waals surface area contributed by atoms with E-state index >= 15 is 0 Å². The molecule has 0 saturated carbocycles. The zero-order valence-electron chi connectivity index (χ0n) is 6.47. The molecule has 0 bridgehead atoms. The van der Waals surface area contributed by atoms with Gasteiger partial charge in [-0.3, -0.25) is 4.79 Å². The van der Waals surface area contributed by atoms with Crippen molar-refractivity contribution in [2.24, 2.45) is 0 Å². The standard InChI is InChI=1S/C9H5BrClNO/c10-7-2-1-5-4-12-8(13)3-6(5)9(7)11/h1-4H,(H,12,13). The van der Waals surface area contributed by atoms with Gasteiger partial charge in [-0.2, -0.15) is 0 Å². The molecule has 66 valence electrons. The first-order chi connectivity index (χ1) is 6.18. The fourth-order valence-corrected chi connectivity index (χ4v) is 1.75. The molecule has 0 spiro atoms. The lowest BCUT2D eigenvalue weighted by atomic mass is 10.2. The van der Waals surface area contributed by atoms with Gasteiger partial charge in [0.1, 0.15) is 0 Å². The van der Waals surface area contributed by atoms with Crippen LogP contribution in [0.15, 0.2) is 33.7 Å². The quantitative estimate of drug-likeness (QED) is 0.774. The van der Waals surface area contributed by atoms with Crippen LogP contribution in [0.25, 0.3) is 10.8 Å². The molecule has 1 N–H and O–H groups in total. The van der Waals surface area contributed by atoms with Crippen molar-refractivity contribution in [2.45, 2.75) is 0 Å². The Morgan fingerprint density at radius 1 is 1.38 bits per heavy atom. The number of nitrogens with one attached hydrogen (secondary N) is 1. The maximum atomic E-state index is 11.0. The third kappa shape index (κ3) is 1.49. The van der Waals surface area contributed by atoms with E-state index in [9.17, 15) is 4.79 Å². The first-order valence-electron chi connectivity index (χ1n) is 3.65. The van der Waals surface area contributed by atoms with E-state index in [2.05, 4.69) is 20.9 Å². The molecule has 4 heteroatoms. The Hall–Kier alpha value is -0.800. The minimum atomic E-state index is -0.146. The second kappa shape index (κ2) is 3.16. The van der Waals surface area contributed by atoms with Gasteiger partial charge in [0, 0.05) is 22.1 Å². The van der Waals surface area contributed by atoms with Crippen molar-refractivity contribution in [2.75, 3.05) is 0 Å². The van der Waals surface area contributed by atoms with E-state index in [0.29, 0.717) is 5.02 Å². The van der Waals surface area contributed by atoms with Crippen molar-refractivity contribution in [3.63, 3.8) is 0 Å². The van der Waals surface area contributed by atoms with Gasteiger partial charge in [-0.1, -0.05) is 17.7 Å². The number of benzene rings is 1. The molecule has 2 rings (SSSR count). The largest absolute Gasteiger partial charge is 0.328 e. The third-order valence-electron chi connectivity index (χ3n) is 1.81. The summed E-state index contributed by atoms with van der Waals surface area (Å²) >= 11 is 9.30. The van der Waals surface area contributed by atoms with Crippen LogP contribution in [0.2, 0.25) is 5.02 Å². The molecule has 0 amide bonds. The van der Waals surface area contributed by atoms with E-state index in [0.717, 1.165) is 15.2 Å². The Balaban J connectivity index is 2.97. The lowest BCUT2D eigenvalue weighted by Crippen LogP contribution is -2.01. The van der Waals surface area contributed by atoms with Crippen LogP contribution in [-0.4, -0.2) is 4.98 Å². The average molecular weight is 259 g/mol. The topological polar surface area (TPSA) is 32.9 Å². The molecule has 2 nitrogen and oxygen atoms in total. The number of halogens is 2. The summed E-state index contributed by atoms with van der Waals surface area (Å²) in [7, 11) is 0. The van der Waals surface area contributed by atoms with Crippen molar-refractivity contribution >= 4 is 38.3 Å². The van der Waals surface area contributed by atoms with E-state index in [-0.39, 0.29) is 5.56 Å². The number of rotatable bonds is 0. The maximum absolute atomic E-state index is 11.0. The van der Waals surface area contributed by atoms with Crippen LogP contribution >= 0.6 is 27.5 Å². The van der Waals surface area contributed by atoms with Crippen LogP contribution in [0, 0.1) is 0 Å². The highest BCUT2D eigenvalue weighted by atomic mass is 79.9. The van der Waals surface area contributed by atoms with Crippen molar-refractivity contribution in [1.82, 2.24) is 4.98 Å². The highest BCUT2D eigenvalue weighted by Gasteiger charge is 2.02. The Morgan fingerprint density at radius 3 is 2.92 bits per heavy atom. The predicted molar refractivity (Wildman–Crippen MR) is 57.3 cm³/mol. The van der Waals surface area contributed by atoms with Crippen LogP contribution < -0.4 is 5.56 Å². The van der Waals surface area contributed by atoms with Gasteiger partial charge in [0.2, 0.25) is 5.56 Å². The number of pyridine rings is 1. The lowest BCUT2D eigenvalue weighted by Gasteiger charge is -2.00. The number of hydrogen-bond donors (Lipinski definition) is 1. The number of aromatic nitrogens is 1. The summed E-state index contributed by atoms with van der Waals surface area (Å²) in [6, 6.07) is 5.23. The van der Waals surface area contributed by atoms with E-state index in [4.69, 9.17) is 11.6 Å². The fraction of sp³-hybridized carbons (Fsp3) is 0. The van der Waals surface area contributed by atoms with Crippen molar-refractivity contribution < 1.29 is 0 Å². The minimum Gasteiger partial charge on any atom is -0.328 e. The summed E-state index contributed by atoms with van der Waals surface area (Å²) in [5, 5.41) is 2.26. The maximum Gasteiger partial charge on any atom is 0.248 e. The summed E-state index contributed by atoms with van der Waals surface area (Å²) in [6.07, 6.45) is 1.65. The molecule has 0 aliphatic rings. The van der Waals surface area contributed by atoms with Gasteiger partial charge < -0.3 is 4.98 Å². The van der Waals surface area contributed by atoms with Crippen LogP contribution in [0.4, 0.5) is 0 Å². The first kappa shape index (κ1) is 8.78. The Labute approximate surface area is 87.7 Å². The fourth-order valence-electron chi connectivity index (χ4n) is 1.18. The zero-order chi connectivity index (χ0) is 9.42. The minimum absolute atomic E-state index is 0.146. The predicted octanol–water partition coefficient (Wildman–Crippen LogP) is 2.94. The van der Waals surface area contributed by atoms with E-state index in [1.165, 1.54) is 6.07 Å². The van der Waals surface area contributed by atoms with Crippen molar-refractivity contribution in [3.8, 4) is 0 Å². The summed E-state index contributed by atoms with van der Waals surface area (Å²) in [5.74, 6) is 0. The van der Waals surface area contributed by atoms with Gasteiger partial charge >= 0.3 is 0 Å². The van der Waals surface area contributed by atoms with Gasteiger partial charge in [0.15, 0.2) is 0 Å². The van der Waals surface area contributed by atoms with Gasteiger partial charge in [0.25, 0.3) is 0 Å². The molecule has 1 aromatic carbocycles. The molecule has 0 fully saturated rings. The highest BCUT2D eigenvalue weighted by molar-refractivity contribution is 9.10. The number of H-pyrrole nitrogens is 1. The number of hydrogen-bond acceptors (Lipinski definition) is 1. The molecule has 1 aromatic heterocycles. The van der Waals surface area contributed by atoms with Crippen LogP contribution in [0.3, 0.4) is 0 Å². The number of fused-ring (bicyclic) bond motifs is 1. The Morgan fingerprint density at radius 2 is 2.15 bits per heavy atom. The van der Waals surface area contributed by atoms with Gasteiger partial charge in [0.05, 0.1) is 5.02 Å².